The van der Waals surface area contributed by atoms with Crippen molar-refractivity contribution >= 4 is 0 Å². The van der Waals surface area contributed by atoms with Gasteiger partial charge in [-0.25, -0.2) is 0 Å². The molecule has 0 spiro atoms. The molecule has 0 aromatic heterocycles. The number of hydrogen-bond acceptors (Lipinski definition) is 2. The summed E-state index contributed by atoms with van der Waals surface area (Å²) in [6.45, 7) is 2.86. The van der Waals surface area contributed by atoms with Crippen molar-refractivity contribution in [3.05, 3.63) is 4.91 Å². The van der Waals surface area contributed by atoms with Gasteiger partial charge in [-0.1, -0.05) is 121 Å². The number of rotatable bonds is 17. The number of unbranched alkanes of at least 4 members (excludes halogenated alkanes) is 13. The van der Waals surface area contributed by atoms with Gasteiger partial charge < -0.3 is 0 Å². The molecule has 0 aromatic carbocycles. The molecule has 0 radical (unpaired) electrons. The highest BCUT2D eigenvalue weighted by atomic mass is 16.3. The molecule has 0 N–H and O–H groups in total. The van der Waals surface area contributed by atoms with E-state index in [1.807, 2.05) is 0 Å². The Morgan fingerprint density at radius 3 is 1.52 bits per heavy atom. The van der Waals surface area contributed by atoms with E-state index in [1.165, 1.54) is 128 Å². The van der Waals surface area contributed by atoms with E-state index in [1.54, 1.807) is 0 Å². The maximum absolute atomic E-state index is 10.8. The summed E-state index contributed by atoms with van der Waals surface area (Å²) in [4.78, 5) is 10.8. The molecule has 0 aromatic rings. The largest absolute Gasteiger partial charge is 0.151 e. The third-order valence-corrected chi connectivity index (χ3v) is 6.37. The topological polar surface area (TPSA) is 29.4 Å². The van der Waals surface area contributed by atoms with Crippen LogP contribution in [0.2, 0.25) is 0 Å². The zero-order chi connectivity index (χ0) is 18.1. The fourth-order valence-corrected chi connectivity index (χ4v) is 4.62. The van der Waals surface area contributed by atoms with Crippen LogP contribution >= 0.6 is 0 Å². The van der Waals surface area contributed by atoms with Gasteiger partial charge >= 0.3 is 0 Å². The van der Waals surface area contributed by atoms with Crippen molar-refractivity contribution in [2.45, 2.75) is 135 Å². The number of hydrogen-bond donors (Lipinski definition) is 0. The predicted molar refractivity (Wildman–Crippen MR) is 111 cm³/mol. The van der Waals surface area contributed by atoms with Crippen molar-refractivity contribution < 1.29 is 0 Å². The predicted octanol–water partition coefficient (Wildman–Crippen LogP) is 8.57. The van der Waals surface area contributed by atoms with Crippen LogP contribution in [-0.4, -0.2) is 6.54 Å². The highest BCUT2D eigenvalue weighted by Gasteiger charge is 2.31. The maximum Gasteiger partial charge on any atom is 0.0867 e. The van der Waals surface area contributed by atoms with Crippen LogP contribution in [0, 0.1) is 10.3 Å². The first kappa shape index (κ1) is 22.6. The van der Waals surface area contributed by atoms with Crippen molar-refractivity contribution in [2.24, 2.45) is 10.6 Å². The lowest BCUT2D eigenvalue weighted by Crippen LogP contribution is -2.27. The van der Waals surface area contributed by atoms with Crippen LogP contribution in [0.3, 0.4) is 0 Å². The normalized spacial score (nSPS) is 16.8. The Bertz CT molecular complexity index is 296. The fraction of sp³-hybridized carbons (Fsp3) is 1.00. The zero-order valence-electron chi connectivity index (χ0n) is 17.2. The molecular formula is C23H45NO. The van der Waals surface area contributed by atoms with Gasteiger partial charge in [0, 0.05) is 0 Å². The summed E-state index contributed by atoms with van der Waals surface area (Å²) >= 11 is 0. The molecule has 1 aliphatic carbocycles. The number of nitroso groups, excluding NO2 is 1. The Morgan fingerprint density at radius 1 is 0.640 bits per heavy atom. The molecule has 148 valence electrons. The van der Waals surface area contributed by atoms with Crippen molar-refractivity contribution in [1.29, 1.82) is 0 Å². The molecule has 1 fully saturated rings. The Balaban J connectivity index is 1.86. The highest BCUT2D eigenvalue weighted by Crippen LogP contribution is 2.41. The number of nitrogens with zero attached hydrogens (tertiary/aromatic N) is 1. The molecule has 0 saturated heterocycles. The minimum Gasteiger partial charge on any atom is -0.151 e. The van der Waals surface area contributed by atoms with Gasteiger partial charge in [0.1, 0.15) is 0 Å². The van der Waals surface area contributed by atoms with E-state index < -0.39 is 0 Å². The average molecular weight is 352 g/mol. The lowest BCUT2D eigenvalue weighted by atomic mass is 9.71. The van der Waals surface area contributed by atoms with Gasteiger partial charge in [-0.2, -0.15) is 4.91 Å². The Hall–Kier alpha value is -0.400. The van der Waals surface area contributed by atoms with E-state index in [-0.39, 0.29) is 5.41 Å². The summed E-state index contributed by atoms with van der Waals surface area (Å²) in [6.07, 6.45) is 27.6. The molecule has 0 aliphatic heterocycles. The van der Waals surface area contributed by atoms with Crippen molar-refractivity contribution in [3.8, 4) is 0 Å². The van der Waals surface area contributed by atoms with Gasteiger partial charge in [-0.15, -0.1) is 0 Å². The van der Waals surface area contributed by atoms with Gasteiger partial charge in [0.05, 0.1) is 6.54 Å². The Morgan fingerprint density at radius 2 is 1.08 bits per heavy atom. The molecule has 1 rings (SSSR count). The van der Waals surface area contributed by atoms with Crippen LogP contribution in [-0.2, 0) is 0 Å². The van der Waals surface area contributed by atoms with E-state index in [2.05, 4.69) is 12.1 Å². The molecule has 1 saturated carbocycles. The molecule has 25 heavy (non-hydrogen) atoms. The average Bonchev–Trinajstić information content (AvgIpc) is 2.63. The minimum atomic E-state index is 0.289. The lowest BCUT2D eigenvalue weighted by molar-refractivity contribution is 0.176. The molecule has 0 heterocycles. The van der Waals surface area contributed by atoms with E-state index in [0.717, 1.165) is 0 Å². The standard InChI is InChI=1S/C23H45NO/c1-2-3-4-5-6-7-8-9-10-11-12-13-14-16-19-23(22-24-25)20-17-15-18-21-23/h2-22H2,1H3. The monoisotopic (exact) mass is 351 g/mol. The van der Waals surface area contributed by atoms with E-state index in [4.69, 9.17) is 0 Å². The van der Waals surface area contributed by atoms with Gasteiger partial charge in [-0.05, 0) is 24.7 Å². The molecule has 1 aliphatic rings. The highest BCUT2D eigenvalue weighted by molar-refractivity contribution is 4.84. The van der Waals surface area contributed by atoms with Gasteiger partial charge in [-0.3, -0.25) is 0 Å². The fourth-order valence-electron chi connectivity index (χ4n) is 4.62. The quantitative estimate of drug-likeness (QED) is 0.190. The molecule has 2 nitrogen and oxygen atoms in total. The second-order valence-corrected chi connectivity index (χ2v) is 8.69. The first-order valence-corrected chi connectivity index (χ1v) is 11.6. The smallest absolute Gasteiger partial charge is 0.0867 e. The molecule has 0 amide bonds. The van der Waals surface area contributed by atoms with Crippen LogP contribution in [0.1, 0.15) is 135 Å². The Kier molecular flexibility index (Phi) is 14.3. The van der Waals surface area contributed by atoms with Crippen LogP contribution in [0.15, 0.2) is 5.18 Å². The first-order valence-electron chi connectivity index (χ1n) is 11.6. The summed E-state index contributed by atoms with van der Waals surface area (Å²) < 4.78 is 0. The van der Waals surface area contributed by atoms with Crippen LogP contribution in [0.5, 0.6) is 0 Å². The molecule has 0 atom stereocenters. The molecule has 0 bridgehead atoms. The summed E-state index contributed by atoms with van der Waals surface area (Å²) in [5, 5.41) is 3.27. The summed E-state index contributed by atoms with van der Waals surface area (Å²) in [5.74, 6) is 0. The third kappa shape index (κ3) is 11.8. The van der Waals surface area contributed by atoms with Gasteiger partial charge in [0.2, 0.25) is 0 Å². The van der Waals surface area contributed by atoms with E-state index >= 15 is 0 Å². The SMILES string of the molecule is CCCCCCCCCCCCCCCCC1(CN=O)CCCCC1. The van der Waals surface area contributed by atoms with Crippen LogP contribution in [0.4, 0.5) is 0 Å². The summed E-state index contributed by atoms with van der Waals surface area (Å²) in [7, 11) is 0. The summed E-state index contributed by atoms with van der Waals surface area (Å²) in [5.41, 5.74) is 0.289. The lowest BCUT2D eigenvalue weighted by Gasteiger charge is -2.35. The van der Waals surface area contributed by atoms with Crippen molar-refractivity contribution in [1.82, 2.24) is 0 Å². The van der Waals surface area contributed by atoms with Crippen LogP contribution < -0.4 is 0 Å². The first-order chi connectivity index (χ1) is 12.3. The molecular weight excluding hydrogens is 306 g/mol. The maximum atomic E-state index is 10.8. The second kappa shape index (κ2) is 15.8. The van der Waals surface area contributed by atoms with Gasteiger partial charge in [0.15, 0.2) is 0 Å². The second-order valence-electron chi connectivity index (χ2n) is 8.69. The van der Waals surface area contributed by atoms with Crippen molar-refractivity contribution in [3.63, 3.8) is 0 Å². The summed E-state index contributed by atoms with van der Waals surface area (Å²) in [6, 6.07) is 0. The van der Waals surface area contributed by atoms with Crippen molar-refractivity contribution in [2.75, 3.05) is 6.54 Å². The third-order valence-electron chi connectivity index (χ3n) is 6.37. The molecule has 2 heteroatoms. The molecule has 0 unspecified atom stereocenters. The zero-order valence-corrected chi connectivity index (χ0v) is 17.2. The van der Waals surface area contributed by atoms with Crippen LogP contribution in [0.25, 0.3) is 0 Å². The minimum absolute atomic E-state index is 0.289. The van der Waals surface area contributed by atoms with E-state index in [9.17, 15) is 4.91 Å². The van der Waals surface area contributed by atoms with Gasteiger partial charge in [0.25, 0.3) is 0 Å². The van der Waals surface area contributed by atoms with E-state index in [0.29, 0.717) is 6.54 Å². The Labute approximate surface area is 157 Å².